The molecule has 6 heteroatoms. The highest BCUT2D eigenvalue weighted by molar-refractivity contribution is 5.52. The number of aromatic nitrogens is 3. The Hall–Kier alpha value is -1.79. The van der Waals surface area contributed by atoms with Crippen molar-refractivity contribution in [3.63, 3.8) is 0 Å². The number of nitrogens with one attached hydrogen (secondary N) is 1. The minimum absolute atomic E-state index is 0.460. The monoisotopic (exact) mass is 260 g/mol. The van der Waals surface area contributed by atoms with Gasteiger partial charge in [-0.2, -0.15) is 4.98 Å². The van der Waals surface area contributed by atoms with Crippen LogP contribution in [-0.4, -0.2) is 35.3 Å². The molecule has 100 valence electrons. The zero-order valence-electron chi connectivity index (χ0n) is 10.8. The van der Waals surface area contributed by atoms with Gasteiger partial charge in [0, 0.05) is 25.1 Å². The van der Waals surface area contributed by atoms with E-state index in [4.69, 9.17) is 9.26 Å². The molecule has 1 aliphatic rings. The lowest BCUT2D eigenvalue weighted by atomic mass is 9.92. The Morgan fingerprint density at radius 1 is 1.37 bits per heavy atom. The molecular weight excluding hydrogens is 244 g/mol. The number of hydrogen-bond acceptors (Lipinski definition) is 6. The Morgan fingerprint density at radius 2 is 2.21 bits per heavy atom. The van der Waals surface area contributed by atoms with Crippen LogP contribution in [0.5, 0.6) is 0 Å². The highest BCUT2D eigenvalue weighted by Crippen LogP contribution is 2.33. The van der Waals surface area contributed by atoms with E-state index in [1.54, 1.807) is 19.5 Å². The fourth-order valence-corrected chi connectivity index (χ4v) is 2.36. The molecule has 0 aliphatic carbocycles. The average molecular weight is 260 g/mol. The van der Waals surface area contributed by atoms with Gasteiger partial charge < -0.3 is 14.6 Å². The molecule has 1 N–H and O–H groups in total. The van der Waals surface area contributed by atoms with Gasteiger partial charge in [0.25, 0.3) is 5.89 Å². The lowest BCUT2D eigenvalue weighted by Crippen LogP contribution is -2.41. The summed E-state index contributed by atoms with van der Waals surface area (Å²) >= 11 is 0. The van der Waals surface area contributed by atoms with Crippen LogP contribution in [0.15, 0.2) is 29.0 Å². The summed E-state index contributed by atoms with van der Waals surface area (Å²) in [5, 5.41) is 7.33. The molecule has 1 fully saturated rings. The van der Waals surface area contributed by atoms with Crippen molar-refractivity contribution in [3.05, 3.63) is 30.4 Å². The molecule has 19 heavy (non-hydrogen) atoms. The molecular formula is C13H16N4O2. The highest BCUT2D eigenvalue weighted by Gasteiger charge is 2.39. The van der Waals surface area contributed by atoms with Crippen molar-refractivity contribution in [1.82, 2.24) is 20.4 Å². The van der Waals surface area contributed by atoms with Crippen molar-refractivity contribution in [2.45, 2.75) is 18.4 Å². The van der Waals surface area contributed by atoms with E-state index in [2.05, 4.69) is 20.4 Å². The summed E-state index contributed by atoms with van der Waals surface area (Å²) < 4.78 is 11.1. The van der Waals surface area contributed by atoms with Gasteiger partial charge in [0.05, 0.1) is 0 Å². The first-order valence-corrected chi connectivity index (χ1v) is 6.34. The molecule has 0 bridgehead atoms. The summed E-state index contributed by atoms with van der Waals surface area (Å²) in [5.74, 6) is 1.11. The zero-order chi connectivity index (χ0) is 13.1. The largest absolute Gasteiger partial charge is 0.368 e. The number of piperidine rings is 1. The van der Waals surface area contributed by atoms with Gasteiger partial charge in [-0.05, 0) is 38.1 Å². The number of ether oxygens (including phenoxy) is 1. The minimum atomic E-state index is -0.460. The van der Waals surface area contributed by atoms with Crippen LogP contribution in [0.3, 0.4) is 0 Å². The third kappa shape index (κ3) is 2.24. The molecule has 0 aromatic carbocycles. The fraction of sp³-hybridized carbons (Fsp3) is 0.462. The minimum Gasteiger partial charge on any atom is -0.368 e. The highest BCUT2D eigenvalue weighted by atomic mass is 16.5. The van der Waals surface area contributed by atoms with Crippen molar-refractivity contribution in [2.75, 3.05) is 20.2 Å². The van der Waals surface area contributed by atoms with Gasteiger partial charge in [0.1, 0.15) is 5.60 Å². The van der Waals surface area contributed by atoms with Crippen molar-refractivity contribution >= 4 is 0 Å². The van der Waals surface area contributed by atoms with Gasteiger partial charge in [-0.25, -0.2) is 0 Å². The maximum Gasteiger partial charge on any atom is 0.259 e. The van der Waals surface area contributed by atoms with Gasteiger partial charge in [-0.15, -0.1) is 0 Å². The predicted molar refractivity (Wildman–Crippen MR) is 68.3 cm³/mol. The second kappa shape index (κ2) is 5.07. The normalized spacial score (nSPS) is 18.4. The van der Waals surface area contributed by atoms with E-state index >= 15 is 0 Å². The maximum atomic E-state index is 5.66. The lowest BCUT2D eigenvalue weighted by molar-refractivity contribution is -0.0622. The topological polar surface area (TPSA) is 73.1 Å². The van der Waals surface area contributed by atoms with E-state index in [-0.39, 0.29) is 0 Å². The van der Waals surface area contributed by atoms with E-state index in [1.807, 2.05) is 12.1 Å². The van der Waals surface area contributed by atoms with E-state index < -0.39 is 5.60 Å². The van der Waals surface area contributed by atoms with Gasteiger partial charge in [0.15, 0.2) is 0 Å². The third-order valence-electron chi connectivity index (χ3n) is 3.54. The molecule has 3 rings (SSSR count). The number of hydrogen-bond donors (Lipinski definition) is 1. The molecule has 2 aromatic heterocycles. The van der Waals surface area contributed by atoms with Crippen LogP contribution in [-0.2, 0) is 10.3 Å². The first-order chi connectivity index (χ1) is 9.34. The molecule has 1 saturated heterocycles. The van der Waals surface area contributed by atoms with Crippen molar-refractivity contribution in [3.8, 4) is 11.4 Å². The van der Waals surface area contributed by atoms with Crippen molar-refractivity contribution < 1.29 is 9.26 Å². The first-order valence-electron chi connectivity index (χ1n) is 6.34. The van der Waals surface area contributed by atoms with Gasteiger partial charge in [-0.1, -0.05) is 5.16 Å². The maximum absolute atomic E-state index is 5.66. The van der Waals surface area contributed by atoms with Crippen LogP contribution < -0.4 is 5.32 Å². The summed E-state index contributed by atoms with van der Waals surface area (Å²) in [4.78, 5) is 8.53. The molecule has 0 spiro atoms. The van der Waals surface area contributed by atoms with Crippen LogP contribution in [0.25, 0.3) is 11.4 Å². The summed E-state index contributed by atoms with van der Waals surface area (Å²) in [7, 11) is 1.69. The lowest BCUT2D eigenvalue weighted by Gasteiger charge is -2.32. The average Bonchev–Trinajstić information content (AvgIpc) is 2.99. The predicted octanol–water partition coefficient (Wildman–Crippen LogP) is 1.36. The standard InChI is InChI=1S/C13H16N4O2/c1-18-13(4-7-14-8-5-13)12-16-11(17-19-12)10-3-2-6-15-9-10/h2-3,6,9,14H,4-5,7-8H2,1H3. The molecule has 0 radical (unpaired) electrons. The molecule has 0 atom stereocenters. The Morgan fingerprint density at radius 3 is 2.89 bits per heavy atom. The van der Waals surface area contributed by atoms with E-state index in [9.17, 15) is 0 Å². The second-order valence-corrected chi connectivity index (χ2v) is 4.61. The molecule has 0 amide bonds. The smallest absolute Gasteiger partial charge is 0.259 e. The molecule has 6 nitrogen and oxygen atoms in total. The SMILES string of the molecule is COC1(c2nc(-c3cccnc3)no2)CCNCC1. The number of pyridine rings is 1. The van der Waals surface area contributed by atoms with E-state index in [0.29, 0.717) is 11.7 Å². The molecule has 0 saturated carbocycles. The van der Waals surface area contributed by atoms with E-state index in [1.165, 1.54) is 0 Å². The zero-order valence-corrected chi connectivity index (χ0v) is 10.8. The van der Waals surface area contributed by atoms with Gasteiger partial charge in [-0.3, -0.25) is 4.98 Å². The summed E-state index contributed by atoms with van der Waals surface area (Å²) in [5.41, 5.74) is 0.385. The van der Waals surface area contributed by atoms with Crippen LogP contribution in [0, 0.1) is 0 Å². The summed E-state index contributed by atoms with van der Waals surface area (Å²) in [6.07, 6.45) is 5.10. The van der Waals surface area contributed by atoms with Crippen molar-refractivity contribution in [2.24, 2.45) is 0 Å². The number of nitrogens with zero attached hydrogens (tertiary/aromatic N) is 3. The van der Waals surface area contributed by atoms with Crippen molar-refractivity contribution in [1.29, 1.82) is 0 Å². The van der Waals surface area contributed by atoms with Crippen LogP contribution in [0.4, 0.5) is 0 Å². The van der Waals surface area contributed by atoms with E-state index in [0.717, 1.165) is 31.5 Å². The Balaban J connectivity index is 1.92. The first kappa shape index (κ1) is 12.3. The Labute approximate surface area is 111 Å². The van der Waals surface area contributed by atoms with Gasteiger partial charge >= 0.3 is 0 Å². The number of methoxy groups -OCH3 is 1. The molecule has 2 aromatic rings. The Kier molecular flexibility index (Phi) is 3.27. The molecule has 1 aliphatic heterocycles. The fourth-order valence-electron chi connectivity index (χ4n) is 2.36. The van der Waals surface area contributed by atoms with Crippen LogP contribution in [0.2, 0.25) is 0 Å². The molecule has 3 heterocycles. The summed E-state index contributed by atoms with van der Waals surface area (Å²) in [6.45, 7) is 1.77. The quantitative estimate of drug-likeness (QED) is 0.898. The third-order valence-corrected chi connectivity index (χ3v) is 3.54. The summed E-state index contributed by atoms with van der Waals surface area (Å²) in [6, 6.07) is 3.76. The van der Waals surface area contributed by atoms with Gasteiger partial charge in [0.2, 0.25) is 5.82 Å². The Bertz CT molecular complexity index is 535. The van der Waals surface area contributed by atoms with Crippen LogP contribution in [0.1, 0.15) is 18.7 Å². The molecule has 0 unspecified atom stereocenters. The van der Waals surface area contributed by atoms with Crippen LogP contribution >= 0.6 is 0 Å². The second-order valence-electron chi connectivity index (χ2n) is 4.61. The number of rotatable bonds is 3.